The number of rotatable bonds is 2. The molecule has 1 amide bonds. The molecule has 0 unspecified atom stereocenters. The Bertz CT molecular complexity index is 365. The zero-order chi connectivity index (χ0) is 11.8. The summed E-state index contributed by atoms with van der Waals surface area (Å²) in [6.45, 7) is 0.174. The van der Waals surface area contributed by atoms with E-state index >= 15 is 0 Å². The lowest BCUT2D eigenvalue weighted by molar-refractivity contribution is 0.0938. The number of hydrogen-bond acceptors (Lipinski definition) is 5. The lowest BCUT2D eigenvalue weighted by Crippen LogP contribution is -2.42. The van der Waals surface area contributed by atoms with Crippen molar-refractivity contribution in [2.24, 2.45) is 0 Å². The van der Waals surface area contributed by atoms with Crippen LogP contribution in [0.2, 0.25) is 0 Å². The Balaban J connectivity index is 1.97. The normalized spacial score (nSPS) is 30.4. The molecule has 0 aromatic carbocycles. The molecule has 2 fully saturated rings. The van der Waals surface area contributed by atoms with Crippen molar-refractivity contribution in [3.63, 3.8) is 0 Å². The standard InChI is InChI=1S/C9H15NO5S/c11-6-8-5-10(9(12)15-8)7-1-3-16(13,14)4-2-7/h7-8,11H,1-6H2/t8-/m1/s1. The molecule has 0 radical (unpaired) electrons. The Morgan fingerprint density at radius 1 is 1.38 bits per heavy atom. The van der Waals surface area contributed by atoms with Crippen LogP contribution in [0, 0.1) is 0 Å². The fourth-order valence-electron chi connectivity index (χ4n) is 2.12. The van der Waals surface area contributed by atoms with Crippen LogP contribution in [0.4, 0.5) is 4.79 Å². The molecule has 0 aliphatic carbocycles. The highest BCUT2D eigenvalue weighted by molar-refractivity contribution is 7.91. The van der Waals surface area contributed by atoms with Crippen LogP contribution in [0.15, 0.2) is 0 Å². The summed E-state index contributed by atoms with van der Waals surface area (Å²) in [5.74, 6) is 0.260. The fourth-order valence-corrected chi connectivity index (χ4v) is 3.59. The van der Waals surface area contributed by atoms with Gasteiger partial charge in [-0.05, 0) is 12.8 Å². The average molecular weight is 249 g/mol. The zero-order valence-electron chi connectivity index (χ0n) is 8.83. The quantitative estimate of drug-likeness (QED) is 0.705. The van der Waals surface area contributed by atoms with Crippen molar-refractivity contribution in [2.75, 3.05) is 24.7 Å². The minimum absolute atomic E-state index is 0.0624. The first-order valence-corrected chi connectivity index (χ1v) is 7.12. The summed E-state index contributed by atoms with van der Waals surface area (Å²) in [5.41, 5.74) is 0. The third-order valence-corrected chi connectivity index (χ3v) is 4.79. The van der Waals surface area contributed by atoms with Gasteiger partial charge in [-0.1, -0.05) is 0 Å². The third kappa shape index (κ3) is 2.30. The van der Waals surface area contributed by atoms with Gasteiger partial charge in [0.1, 0.15) is 15.9 Å². The van der Waals surface area contributed by atoms with E-state index in [1.807, 2.05) is 0 Å². The van der Waals surface area contributed by atoms with E-state index < -0.39 is 22.0 Å². The zero-order valence-corrected chi connectivity index (χ0v) is 9.65. The van der Waals surface area contributed by atoms with Gasteiger partial charge in [0.05, 0.1) is 24.7 Å². The second-order valence-corrected chi connectivity index (χ2v) is 6.53. The van der Waals surface area contributed by atoms with E-state index in [-0.39, 0.29) is 24.2 Å². The number of aliphatic hydroxyl groups is 1. The lowest BCUT2D eigenvalue weighted by Gasteiger charge is -2.28. The van der Waals surface area contributed by atoms with Crippen LogP contribution >= 0.6 is 0 Å². The second kappa shape index (κ2) is 4.21. The molecule has 7 heteroatoms. The molecule has 1 atom stereocenters. The first-order chi connectivity index (χ1) is 7.52. The minimum atomic E-state index is -2.91. The minimum Gasteiger partial charge on any atom is -0.442 e. The molecule has 16 heavy (non-hydrogen) atoms. The Hall–Kier alpha value is -0.820. The first-order valence-electron chi connectivity index (χ1n) is 5.30. The summed E-state index contributed by atoms with van der Waals surface area (Å²) in [7, 11) is -2.91. The van der Waals surface area contributed by atoms with Crippen molar-refractivity contribution in [3.8, 4) is 0 Å². The Labute approximate surface area is 94.1 Å². The SMILES string of the molecule is O=C1O[C@@H](CO)CN1C1CCS(=O)(=O)CC1. The van der Waals surface area contributed by atoms with Crippen LogP contribution in [0.25, 0.3) is 0 Å². The molecule has 2 rings (SSSR count). The number of aliphatic hydroxyl groups excluding tert-OH is 1. The molecule has 1 N–H and O–H groups in total. The van der Waals surface area contributed by atoms with E-state index in [0.717, 1.165) is 0 Å². The summed E-state index contributed by atoms with van der Waals surface area (Å²) >= 11 is 0. The summed E-state index contributed by atoms with van der Waals surface area (Å²) in [6.07, 6.45) is 0.0277. The van der Waals surface area contributed by atoms with Crippen LogP contribution < -0.4 is 0 Å². The predicted octanol–water partition coefficient (Wildman–Crippen LogP) is -0.623. The summed E-state index contributed by atoms with van der Waals surface area (Å²) in [6, 6.07) is -0.0624. The Kier molecular flexibility index (Phi) is 3.07. The number of nitrogens with zero attached hydrogens (tertiary/aromatic N) is 1. The maximum Gasteiger partial charge on any atom is 0.410 e. The Morgan fingerprint density at radius 3 is 2.50 bits per heavy atom. The van der Waals surface area contributed by atoms with Crippen LogP contribution in [0.5, 0.6) is 0 Å². The van der Waals surface area contributed by atoms with Crippen molar-refractivity contribution < 1.29 is 23.1 Å². The molecule has 0 aromatic heterocycles. The highest BCUT2D eigenvalue weighted by atomic mass is 32.2. The van der Waals surface area contributed by atoms with Crippen molar-refractivity contribution >= 4 is 15.9 Å². The molecule has 0 aromatic rings. The van der Waals surface area contributed by atoms with E-state index in [2.05, 4.69) is 0 Å². The molecule has 2 saturated heterocycles. The van der Waals surface area contributed by atoms with Gasteiger partial charge >= 0.3 is 6.09 Å². The van der Waals surface area contributed by atoms with E-state index in [4.69, 9.17) is 9.84 Å². The van der Waals surface area contributed by atoms with Gasteiger partial charge in [0.15, 0.2) is 0 Å². The van der Waals surface area contributed by atoms with Gasteiger partial charge in [-0.25, -0.2) is 13.2 Å². The van der Waals surface area contributed by atoms with Gasteiger partial charge in [-0.15, -0.1) is 0 Å². The Morgan fingerprint density at radius 2 is 2.00 bits per heavy atom. The molecule has 0 bridgehead atoms. The van der Waals surface area contributed by atoms with Gasteiger partial charge in [-0.3, -0.25) is 0 Å². The molecule has 2 heterocycles. The van der Waals surface area contributed by atoms with E-state index in [9.17, 15) is 13.2 Å². The lowest BCUT2D eigenvalue weighted by atomic mass is 10.1. The van der Waals surface area contributed by atoms with E-state index in [1.54, 1.807) is 0 Å². The molecule has 2 aliphatic heterocycles. The molecule has 92 valence electrons. The smallest absolute Gasteiger partial charge is 0.410 e. The first kappa shape index (κ1) is 11.7. The van der Waals surface area contributed by atoms with Crippen molar-refractivity contribution in [3.05, 3.63) is 0 Å². The van der Waals surface area contributed by atoms with E-state index in [1.165, 1.54) is 4.90 Å². The monoisotopic (exact) mass is 249 g/mol. The van der Waals surface area contributed by atoms with Crippen molar-refractivity contribution in [2.45, 2.75) is 25.0 Å². The largest absolute Gasteiger partial charge is 0.442 e. The summed E-state index contributed by atoms with van der Waals surface area (Å²) in [5, 5.41) is 8.88. The summed E-state index contributed by atoms with van der Waals surface area (Å²) < 4.78 is 27.4. The van der Waals surface area contributed by atoms with Crippen LogP contribution in [0.3, 0.4) is 0 Å². The van der Waals surface area contributed by atoms with Gasteiger partial charge in [0, 0.05) is 6.04 Å². The van der Waals surface area contributed by atoms with Gasteiger partial charge in [0.2, 0.25) is 0 Å². The highest BCUT2D eigenvalue weighted by Crippen LogP contribution is 2.23. The highest BCUT2D eigenvalue weighted by Gasteiger charge is 2.38. The fraction of sp³-hybridized carbons (Fsp3) is 0.889. The predicted molar refractivity (Wildman–Crippen MR) is 55.7 cm³/mol. The van der Waals surface area contributed by atoms with Crippen LogP contribution in [-0.4, -0.2) is 61.3 Å². The molecule has 2 aliphatic rings. The maximum absolute atomic E-state index is 11.4. The number of hydrogen-bond donors (Lipinski definition) is 1. The number of sulfone groups is 1. The molecule has 6 nitrogen and oxygen atoms in total. The molecular weight excluding hydrogens is 234 g/mol. The topological polar surface area (TPSA) is 83.9 Å². The van der Waals surface area contributed by atoms with Crippen molar-refractivity contribution in [1.29, 1.82) is 0 Å². The number of amides is 1. The second-order valence-electron chi connectivity index (χ2n) is 4.22. The van der Waals surface area contributed by atoms with E-state index in [0.29, 0.717) is 19.4 Å². The number of carbonyl (C=O) groups excluding carboxylic acids is 1. The molecule has 0 spiro atoms. The van der Waals surface area contributed by atoms with Crippen LogP contribution in [-0.2, 0) is 14.6 Å². The number of carbonyl (C=O) groups is 1. The van der Waals surface area contributed by atoms with Crippen LogP contribution in [0.1, 0.15) is 12.8 Å². The number of cyclic esters (lactones) is 1. The molecular formula is C9H15NO5S. The van der Waals surface area contributed by atoms with Gasteiger partial charge < -0.3 is 14.7 Å². The third-order valence-electron chi connectivity index (χ3n) is 3.07. The maximum atomic E-state index is 11.4. The molecule has 0 saturated carbocycles. The van der Waals surface area contributed by atoms with Crippen molar-refractivity contribution in [1.82, 2.24) is 4.90 Å². The number of ether oxygens (including phenoxy) is 1. The van der Waals surface area contributed by atoms with Gasteiger partial charge in [0.25, 0.3) is 0 Å². The average Bonchev–Trinajstić information content (AvgIpc) is 2.60. The summed E-state index contributed by atoms with van der Waals surface area (Å²) in [4.78, 5) is 13.0. The van der Waals surface area contributed by atoms with Gasteiger partial charge in [-0.2, -0.15) is 0 Å².